The minimum atomic E-state index is -0.149. The Balaban J connectivity index is 1.89. The number of allylic oxidation sites excluding steroid dienone is 2. The first-order valence-corrected chi connectivity index (χ1v) is 6.68. The first kappa shape index (κ1) is 11.7. The van der Waals surface area contributed by atoms with E-state index in [0.717, 1.165) is 25.9 Å². The molecular formula is C16H19NO. The molecule has 0 radical (unpaired) electrons. The molecule has 1 unspecified atom stereocenters. The Morgan fingerprint density at radius 3 is 2.50 bits per heavy atom. The van der Waals surface area contributed by atoms with Gasteiger partial charge in [-0.25, -0.2) is 0 Å². The molecule has 94 valence electrons. The summed E-state index contributed by atoms with van der Waals surface area (Å²) in [6.07, 6.45) is 8.96. The zero-order valence-electron chi connectivity index (χ0n) is 10.5. The van der Waals surface area contributed by atoms with E-state index in [1.165, 1.54) is 11.1 Å². The van der Waals surface area contributed by atoms with Crippen LogP contribution >= 0.6 is 0 Å². The molecule has 0 bridgehead atoms. The molecule has 1 saturated heterocycles. The summed E-state index contributed by atoms with van der Waals surface area (Å²) in [5.41, 5.74) is 2.70. The lowest BCUT2D eigenvalue weighted by atomic mass is 9.90. The molecule has 1 heterocycles. The predicted molar refractivity (Wildman–Crippen MR) is 73.2 cm³/mol. The molecule has 1 aromatic carbocycles. The summed E-state index contributed by atoms with van der Waals surface area (Å²) >= 11 is 0. The Kier molecular flexibility index (Phi) is 3.31. The van der Waals surface area contributed by atoms with Gasteiger partial charge in [0.1, 0.15) is 0 Å². The van der Waals surface area contributed by atoms with Gasteiger partial charge in [-0.2, -0.15) is 0 Å². The van der Waals surface area contributed by atoms with Gasteiger partial charge in [-0.1, -0.05) is 48.6 Å². The molecule has 3 rings (SSSR count). The van der Waals surface area contributed by atoms with Crippen molar-refractivity contribution in [1.29, 1.82) is 0 Å². The fraction of sp³-hybridized carbons (Fsp3) is 0.375. The monoisotopic (exact) mass is 241 g/mol. The highest BCUT2D eigenvalue weighted by molar-refractivity contribution is 5.36. The number of aliphatic hydroxyl groups is 1. The summed E-state index contributed by atoms with van der Waals surface area (Å²) in [6, 6.07) is 10.9. The Bertz CT molecular complexity index is 457. The van der Waals surface area contributed by atoms with Crippen LogP contribution in [-0.2, 0) is 0 Å². The molecule has 2 heteroatoms. The van der Waals surface area contributed by atoms with Crippen molar-refractivity contribution >= 4 is 0 Å². The summed E-state index contributed by atoms with van der Waals surface area (Å²) in [5, 5.41) is 9.53. The summed E-state index contributed by atoms with van der Waals surface area (Å²) in [6.45, 7) is 1.56. The van der Waals surface area contributed by atoms with E-state index >= 15 is 0 Å². The van der Waals surface area contributed by atoms with E-state index in [9.17, 15) is 5.11 Å². The molecule has 1 N–H and O–H groups in total. The topological polar surface area (TPSA) is 23.5 Å². The van der Waals surface area contributed by atoms with Crippen molar-refractivity contribution in [3.63, 3.8) is 0 Å². The van der Waals surface area contributed by atoms with Gasteiger partial charge < -0.3 is 5.11 Å². The van der Waals surface area contributed by atoms with Gasteiger partial charge in [0.15, 0.2) is 0 Å². The van der Waals surface area contributed by atoms with Gasteiger partial charge >= 0.3 is 0 Å². The number of rotatable bonds is 3. The van der Waals surface area contributed by atoms with Gasteiger partial charge in [0.05, 0.1) is 12.1 Å². The smallest absolute Gasteiger partial charge is 0.0794 e. The number of nitrogens with zero attached hydrogens (tertiary/aromatic N) is 1. The zero-order valence-corrected chi connectivity index (χ0v) is 10.5. The van der Waals surface area contributed by atoms with E-state index < -0.39 is 0 Å². The molecule has 1 fully saturated rings. The van der Waals surface area contributed by atoms with Crippen LogP contribution in [-0.4, -0.2) is 29.2 Å². The van der Waals surface area contributed by atoms with Crippen LogP contribution < -0.4 is 0 Å². The minimum Gasteiger partial charge on any atom is -0.390 e. The second-order valence-corrected chi connectivity index (χ2v) is 5.10. The van der Waals surface area contributed by atoms with Gasteiger partial charge in [-0.15, -0.1) is 0 Å². The van der Waals surface area contributed by atoms with Crippen molar-refractivity contribution in [1.82, 2.24) is 4.90 Å². The van der Waals surface area contributed by atoms with Crippen molar-refractivity contribution in [2.24, 2.45) is 0 Å². The number of β-amino-alcohol motifs (C(OH)–C–C–N with tert-alkyl or cyclic N) is 1. The molecule has 18 heavy (non-hydrogen) atoms. The molecule has 1 aliphatic heterocycles. The average molecular weight is 241 g/mol. The van der Waals surface area contributed by atoms with E-state index in [0.29, 0.717) is 6.04 Å². The van der Waals surface area contributed by atoms with Crippen LogP contribution in [0.1, 0.15) is 24.4 Å². The highest BCUT2D eigenvalue weighted by Gasteiger charge is 2.33. The van der Waals surface area contributed by atoms with Gasteiger partial charge in [-0.3, -0.25) is 4.90 Å². The lowest BCUT2D eigenvalue weighted by Crippen LogP contribution is -2.52. The second-order valence-electron chi connectivity index (χ2n) is 5.10. The van der Waals surface area contributed by atoms with Crippen molar-refractivity contribution in [2.45, 2.75) is 25.0 Å². The fourth-order valence-corrected chi connectivity index (χ4v) is 2.78. The summed E-state index contributed by atoms with van der Waals surface area (Å²) in [7, 11) is 0. The second kappa shape index (κ2) is 5.09. The molecule has 2 nitrogen and oxygen atoms in total. The van der Waals surface area contributed by atoms with Crippen molar-refractivity contribution in [3.05, 3.63) is 59.7 Å². The first-order chi connectivity index (χ1) is 8.84. The van der Waals surface area contributed by atoms with Crippen LogP contribution in [0.5, 0.6) is 0 Å². The van der Waals surface area contributed by atoms with E-state index in [1.54, 1.807) is 0 Å². The Morgan fingerprint density at radius 2 is 1.89 bits per heavy atom. The van der Waals surface area contributed by atoms with E-state index in [1.807, 2.05) is 0 Å². The third kappa shape index (κ3) is 2.26. The number of aliphatic hydroxyl groups excluding tert-OH is 1. The summed E-state index contributed by atoms with van der Waals surface area (Å²) < 4.78 is 0. The summed E-state index contributed by atoms with van der Waals surface area (Å²) in [4.78, 5) is 2.35. The standard InChI is InChI=1S/C16H19NO/c18-15-11-17(12-15)16(13-7-3-1-4-8-13)14-9-5-2-6-10-14/h1,3-5,7-10,15-16,18H,2,6,11-12H2. The fourth-order valence-electron chi connectivity index (χ4n) is 2.78. The van der Waals surface area contributed by atoms with Gasteiger partial charge in [0.25, 0.3) is 0 Å². The van der Waals surface area contributed by atoms with Crippen LogP contribution in [0, 0.1) is 0 Å². The third-order valence-corrected chi connectivity index (χ3v) is 3.71. The van der Waals surface area contributed by atoms with Crippen molar-refractivity contribution < 1.29 is 5.11 Å². The molecule has 1 aromatic rings. The number of hydrogen-bond donors (Lipinski definition) is 1. The Hall–Kier alpha value is -1.38. The molecule has 1 atom stereocenters. The number of benzene rings is 1. The molecule has 0 spiro atoms. The Labute approximate surface area is 108 Å². The molecular weight excluding hydrogens is 222 g/mol. The molecule has 0 saturated carbocycles. The van der Waals surface area contributed by atoms with Gasteiger partial charge in [0, 0.05) is 13.1 Å². The minimum absolute atomic E-state index is 0.149. The first-order valence-electron chi connectivity index (χ1n) is 6.68. The largest absolute Gasteiger partial charge is 0.390 e. The zero-order chi connectivity index (χ0) is 12.4. The number of hydrogen-bond acceptors (Lipinski definition) is 2. The molecule has 0 amide bonds. The lowest BCUT2D eigenvalue weighted by molar-refractivity contribution is -0.0163. The van der Waals surface area contributed by atoms with Crippen LogP contribution in [0.15, 0.2) is 54.1 Å². The Morgan fingerprint density at radius 1 is 1.11 bits per heavy atom. The van der Waals surface area contributed by atoms with Crippen LogP contribution in [0.3, 0.4) is 0 Å². The van der Waals surface area contributed by atoms with E-state index in [2.05, 4.69) is 53.5 Å². The molecule has 2 aliphatic rings. The van der Waals surface area contributed by atoms with Crippen LogP contribution in [0.4, 0.5) is 0 Å². The van der Waals surface area contributed by atoms with Crippen LogP contribution in [0.2, 0.25) is 0 Å². The van der Waals surface area contributed by atoms with Crippen molar-refractivity contribution in [3.8, 4) is 0 Å². The van der Waals surface area contributed by atoms with E-state index in [4.69, 9.17) is 0 Å². The predicted octanol–water partition coefficient (Wildman–Crippen LogP) is 2.68. The maximum absolute atomic E-state index is 9.53. The molecule has 0 aromatic heterocycles. The highest BCUT2D eigenvalue weighted by Crippen LogP contribution is 2.34. The maximum Gasteiger partial charge on any atom is 0.0794 e. The van der Waals surface area contributed by atoms with E-state index in [-0.39, 0.29) is 6.10 Å². The maximum atomic E-state index is 9.53. The number of likely N-dealkylation sites (tertiary alicyclic amines) is 1. The lowest BCUT2D eigenvalue weighted by Gasteiger charge is -2.43. The third-order valence-electron chi connectivity index (χ3n) is 3.71. The SMILES string of the molecule is OC1CN(C(C2=CCCC=C2)c2ccccc2)C1. The van der Waals surface area contributed by atoms with Gasteiger partial charge in [-0.05, 0) is 24.0 Å². The van der Waals surface area contributed by atoms with Crippen molar-refractivity contribution in [2.75, 3.05) is 13.1 Å². The highest BCUT2D eigenvalue weighted by atomic mass is 16.3. The molecule has 1 aliphatic carbocycles. The average Bonchev–Trinajstić information content (AvgIpc) is 2.40. The summed E-state index contributed by atoms with van der Waals surface area (Å²) in [5.74, 6) is 0. The van der Waals surface area contributed by atoms with Gasteiger partial charge in [0.2, 0.25) is 0 Å². The normalized spacial score (nSPS) is 22.4. The quantitative estimate of drug-likeness (QED) is 0.879. The van der Waals surface area contributed by atoms with Crippen LogP contribution in [0.25, 0.3) is 0 Å².